The standard InChI is InChI=1S/C8H14N2O2/c9-8(7(11)12)2-1-5-3-10-4-6(5)8/h5-6,10H,1-4,9H2,(H,11,12)/t5-,6-,8-/m0/s1. The molecule has 1 saturated heterocycles. The molecule has 0 aromatic carbocycles. The Kier molecular flexibility index (Phi) is 1.63. The zero-order valence-electron chi connectivity index (χ0n) is 6.92. The highest BCUT2D eigenvalue weighted by molar-refractivity contribution is 5.79. The number of hydrogen-bond donors (Lipinski definition) is 3. The molecule has 1 saturated carbocycles. The first-order valence-corrected chi connectivity index (χ1v) is 4.37. The maximum absolute atomic E-state index is 10.9. The Hall–Kier alpha value is -0.610. The fourth-order valence-electron chi connectivity index (χ4n) is 2.51. The average Bonchev–Trinajstić information content (AvgIpc) is 2.54. The Morgan fingerprint density at radius 3 is 3.00 bits per heavy atom. The molecular formula is C8H14N2O2. The largest absolute Gasteiger partial charge is 0.480 e. The van der Waals surface area contributed by atoms with E-state index in [1.165, 1.54) is 0 Å². The maximum Gasteiger partial charge on any atom is 0.324 e. The van der Waals surface area contributed by atoms with Crippen LogP contribution in [0.15, 0.2) is 0 Å². The van der Waals surface area contributed by atoms with Crippen molar-refractivity contribution < 1.29 is 9.90 Å². The van der Waals surface area contributed by atoms with Gasteiger partial charge in [-0.25, -0.2) is 0 Å². The summed E-state index contributed by atoms with van der Waals surface area (Å²) in [5, 5.41) is 12.2. The molecule has 1 heterocycles. The van der Waals surface area contributed by atoms with Crippen LogP contribution in [0.5, 0.6) is 0 Å². The van der Waals surface area contributed by atoms with Gasteiger partial charge in [0.25, 0.3) is 0 Å². The van der Waals surface area contributed by atoms with Crippen LogP contribution in [0.25, 0.3) is 0 Å². The van der Waals surface area contributed by atoms with Gasteiger partial charge < -0.3 is 16.2 Å². The highest BCUT2D eigenvalue weighted by Gasteiger charge is 2.52. The van der Waals surface area contributed by atoms with Crippen molar-refractivity contribution in [3.63, 3.8) is 0 Å². The monoisotopic (exact) mass is 170 g/mol. The Labute approximate surface area is 71.1 Å². The summed E-state index contributed by atoms with van der Waals surface area (Å²) in [5.74, 6) is -0.195. The molecule has 0 unspecified atom stereocenters. The summed E-state index contributed by atoms with van der Waals surface area (Å²) in [5.41, 5.74) is 4.90. The summed E-state index contributed by atoms with van der Waals surface area (Å²) < 4.78 is 0. The van der Waals surface area contributed by atoms with Crippen LogP contribution in [-0.4, -0.2) is 29.7 Å². The molecule has 0 amide bonds. The molecule has 0 aromatic rings. The molecule has 2 aliphatic rings. The van der Waals surface area contributed by atoms with Gasteiger partial charge in [-0.1, -0.05) is 0 Å². The van der Waals surface area contributed by atoms with E-state index >= 15 is 0 Å². The number of nitrogens with two attached hydrogens (primary N) is 1. The van der Waals surface area contributed by atoms with E-state index in [0.29, 0.717) is 12.3 Å². The molecule has 0 radical (unpaired) electrons. The average molecular weight is 170 g/mol. The summed E-state index contributed by atoms with van der Waals surface area (Å²) >= 11 is 0. The normalized spacial score (nSPS) is 46.1. The molecule has 0 bridgehead atoms. The number of carboxylic acid groups (broad SMARTS) is 1. The van der Waals surface area contributed by atoms with Crippen LogP contribution >= 0.6 is 0 Å². The first kappa shape index (κ1) is 8.01. The zero-order valence-corrected chi connectivity index (χ0v) is 6.92. The van der Waals surface area contributed by atoms with E-state index in [-0.39, 0.29) is 5.92 Å². The number of aliphatic carboxylic acids is 1. The summed E-state index contributed by atoms with van der Waals surface area (Å²) in [6, 6.07) is 0. The smallest absolute Gasteiger partial charge is 0.324 e. The molecule has 1 aliphatic carbocycles. The molecule has 4 N–H and O–H groups in total. The second-order valence-electron chi connectivity index (χ2n) is 3.91. The van der Waals surface area contributed by atoms with Gasteiger partial charge >= 0.3 is 5.97 Å². The van der Waals surface area contributed by atoms with E-state index in [1.807, 2.05) is 0 Å². The van der Waals surface area contributed by atoms with Gasteiger partial charge in [-0.2, -0.15) is 0 Å². The second kappa shape index (κ2) is 2.44. The molecule has 4 nitrogen and oxygen atoms in total. The first-order valence-electron chi connectivity index (χ1n) is 4.37. The third-order valence-corrected chi connectivity index (χ3v) is 3.33. The number of nitrogens with one attached hydrogen (secondary N) is 1. The predicted molar refractivity (Wildman–Crippen MR) is 43.6 cm³/mol. The Morgan fingerprint density at radius 1 is 1.58 bits per heavy atom. The van der Waals surface area contributed by atoms with E-state index in [1.54, 1.807) is 0 Å². The van der Waals surface area contributed by atoms with Gasteiger partial charge in [-0.05, 0) is 25.3 Å². The highest BCUT2D eigenvalue weighted by Crippen LogP contribution is 2.40. The fraction of sp³-hybridized carbons (Fsp3) is 0.875. The van der Waals surface area contributed by atoms with Crippen LogP contribution in [0, 0.1) is 11.8 Å². The summed E-state index contributed by atoms with van der Waals surface area (Å²) in [6.45, 7) is 1.71. The molecule has 4 heteroatoms. The van der Waals surface area contributed by atoms with Crippen LogP contribution in [-0.2, 0) is 4.79 Å². The van der Waals surface area contributed by atoms with Crippen molar-refractivity contribution in [1.82, 2.24) is 5.32 Å². The van der Waals surface area contributed by atoms with E-state index < -0.39 is 11.5 Å². The summed E-state index contributed by atoms with van der Waals surface area (Å²) in [7, 11) is 0. The fourth-order valence-corrected chi connectivity index (χ4v) is 2.51. The van der Waals surface area contributed by atoms with Gasteiger partial charge in [0.2, 0.25) is 0 Å². The SMILES string of the molecule is N[C@@]1(C(=O)O)CC[C@H]2CNC[C@@H]21. The lowest BCUT2D eigenvalue weighted by atomic mass is 9.86. The Bertz CT molecular complexity index is 219. The number of hydrogen-bond acceptors (Lipinski definition) is 3. The van der Waals surface area contributed by atoms with Crippen LogP contribution in [0.4, 0.5) is 0 Å². The van der Waals surface area contributed by atoms with Crippen LogP contribution in [0.1, 0.15) is 12.8 Å². The van der Waals surface area contributed by atoms with E-state index in [4.69, 9.17) is 10.8 Å². The van der Waals surface area contributed by atoms with Gasteiger partial charge in [-0.15, -0.1) is 0 Å². The van der Waals surface area contributed by atoms with Gasteiger partial charge in [0.1, 0.15) is 5.54 Å². The van der Waals surface area contributed by atoms with Crippen molar-refractivity contribution in [3.8, 4) is 0 Å². The van der Waals surface area contributed by atoms with Gasteiger partial charge in [0, 0.05) is 12.5 Å². The lowest BCUT2D eigenvalue weighted by Gasteiger charge is -2.25. The molecule has 3 atom stereocenters. The molecular weight excluding hydrogens is 156 g/mol. The predicted octanol–water partition coefficient (Wildman–Crippen LogP) is -0.602. The minimum absolute atomic E-state index is 0.148. The van der Waals surface area contributed by atoms with Crippen LogP contribution in [0.2, 0.25) is 0 Å². The van der Waals surface area contributed by atoms with Crippen LogP contribution < -0.4 is 11.1 Å². The minimum atomic E-state index is -0.950. The lowest BCUT2D eigenvalue weighted by molar-refractivity contribution is -0.144. The zero-order chi connectivity index (χ0) is 8.77. The Morgan fingerprint density at radius 2 is 2.33 bits per heavy atom. The molecule has 68 valence electrons. The number of carboxylic acids is 1. The highest BCUT2D eigenvalue weighted by atomic mass is 16.4. The first-order chi connectivity index (χ1) is 5.64. The number of carbonyl (C=O) groups is 1. The van der Waals surface area contributed by atoms with Gasteiger partial charge in [0.05, 0.1) is 0 Å². The summed E-state index contributed by atoms with van der Waals surface area (Å²) in [4.78, 5) is 10.9. The van der Waals surface area contributed by atoms with Gasteiger partial charge in [-0.3, -0.25) is 4.79 Å². The number of rotatable bonds is 1. The topological polar surface area (TPSA) is 75.4 Å². The second-order valence-corrected chi connectivity index (χ2v) is 3.91. The number of fused-ring (bicyclic) bond motifs is 1. The third kappa shape index (κ3) is 0.881. The minimum Gasteiger partial charge on any atom is -0.480 e. The maximum atomic E-state index is 10.9. The van der Waals surface area contributed by atoms with Crippen molar-refractivity contribution in [1.29, 1.82) is 0 Å². The molecule has 12 heavy (non-hydrogen) atoms. The van der Waals surface area contributed by atoms with Crippen molar-refractivity contribution in [3.05, 3.63) is 0 Å². The molecule has 2 rings (SSSR count). The van der Waals surface area contributed by atoms with Crippen molar-refractivity contribution >= 4 is 5.97 Å². The molecule has 1 aliphatic heterocycles. The quantitative estimate of drug-likeness (QED) is 0.491. The van der Waals surface area contributed by atoms with Crippen LogP contribution in [0.3, 0.4) is 0 Å². The van der Waals surface area contributed by atoms with E-state index in [9.17, 15) is 4.79 Å². The van der Waals surface area contributed by atoms with E-state index in [2.05, 4.69) is 5.32 Å². The van der Waals surface area contributed by atoms with Gasteiger partial charge in [0.15, 0.2) is 0 Å². The molecule has 0 spiro atoms. The van der Waals surface area contributed by atoms with Crippen molar-refractivity contribution in [2.75, 3.05) is 13.1 Å². The van der Waals surface area contributed by atoms with Crippen molar-refractivity contribution in [2.24, 2.45) is 17.6 Å². The molecule has 2 fully saturated rings. The molecule has 0 aromatic heterocycles. The van der Waals surface area contributed by atoms with Crippen molar-refractivity contribution in [2.45, 2.75) is 18.4 Å². The van der Waals surface area contributed by atoms with E-state index in [0.717, 1.165) is 19.5 Å². The summed E-state index contributed by atoms with van der Waals surface area (Å²) in [6.07, 6.45) is 1.60. The Balaban J connectivity index is 2.22. The lowest BCUT2D eigenvalue weighted by Crippen LogP contribution is -2.52. The third-order valence-electron chi connectivity index (χ3n) is 3.33.